The van der Waals surface area contributed by atoms with Gasteiger partial charge in [-0.25, -0.2) is 4.79 Å². The zero-order valence-electron chi connectivity index (χ0n) is 9.75. The number of amides is 1. The van der Waals surface area contributed by atoms with E-state index in [1.54, 1.807) is 0 Å². The maximum absolute atomic E-state index is 11.3. The van der Waals surface area contributed by atoms with Crippen molar-refractivity contribution in [2.45, 2.75) is 39.2 Å². The fraction of sp³-hybridized carbons (Fsp3) is 0.909. The van der Waals surface area contributed by atoms with E-state index in [9.17, 15) is 4.79 Å². The topological polar surface area (TPSA) is 58.6 Å². The van der Waals surface area contributed by atoms with E-state index in [-0.39, 0.29) is 12.7 Å². The minimum Gasteiger partial charge on any atom is -0.444 e. The molecule has 15 heavy (non-hydrogen) atoms. The molecule has 1 saturated carbocycles. The zero-order chi connectivity index (χ0) is 11.5. The number of nitrogens with one attached hydrogen (secondary N) is 1. The lowest BCUT2D eigenvalue weighted by atomic mass is 9.74. The predicted molar refractivity (Wildman–Crippen MR) is 57.5 cm³/mol. The van der Waals surface area contributed by atoms with Gasteiger partial charge in [0, 0.05) is 13.2 Å². The SMILES string of the molecule is CC(C)(C)OC(=O)NC[C@H]1CC[C@@H]1CO. The summed E-state index contributed by atoms with van der Waals surface area (Å²) in [4.78, 5) is 11.3. The summed E-state index contributed by atoms with van der Waals surface area (Å²) >= 11 is 0. The van der Waals surface area contributed by atoms with Crippen LogP contribution in [-0.2, 0) is 4.74 Å². The maximum Gasteiger partial charge on any atom is 0.407 e. The lowest BCUT2D eigenvalue weighted by Crippen LogP contribution is -2.41. The summed E-state index contributed by atoms with van der Waals surface area (Å²) in [5, 5.41) is 11.7. The molecule has 1 rings (SSSR count). The fourth-order valence-electron chi connectivity index (χ4n) is 1.68. The molecule has 0 radical (unpaired) electrons. The number of rotatable bonds is 3. The second kappa shape index (κ2) is 4.84. The molecule has 88 valence electrons. The van der Waals surface area contributed by atoms with Crippen molar-refractivity contribution in [1.82, 2.24) is 5.32 Å². The third-order valence-electron chi connectivity index (χ3n) is 2.72. The van der Waals surface area contributed by atoms with Crippen molar-refractivity contribution >= 4 is 6.09 Å². The van der Waals surface area contributed by atoms with Gasteiger partial charge in [0.05, 0.1) is 0 Å². The van der Waals surface area contributed by atoms with Gasteiger partial charge in [-0.2, -0.15) is 0 Å². The molecule has 0 aromatic rings. The number of ether oxygens (including phenoxy) is 1. The van der Waals surface area contributed by atoms with Gasteiger partial charge in [-0.3, -0.25) is 0 Å². The van der Waals surface area contributed by atoms with Crippen LogP contribution in [0.5, 0.6) is 0 Å². The van der Waals surface area contributed by atoms with Gasteiger partial charge in [0.25, 0.3) is 0 Å². The molecule has 0 spiro atoms. The molecule has 2 N–H and O–H groups in total. The number of aliphatic hydroxyl groups is 1. The van der Waals surface area contributed by atoms with E-state index < -0.39 is 5.60 Å². The van der Waals surface area contributed by atoms with Crippen LogP contribution in [0.15, 0.2) is 0 Å². The van der Waals surface area contributed by atoms with Crippen molar-refractivity contribution in [1.29, 1.82) is 0 Å². The number of alkyl carbamates (subject to hydrolysis) is 1. The van der Waals surface area contributed by atoms with E-state index in [1.807, 2.05) is 20.8 Å². The summed E-state index contributed by atoms with van der Waals surface area (Å²) in [6.45, 7) is 6.35. The van der Waals surface area contributed by atoms with E-state index in [0.717, 1.165) is 12.8 Å². The van der Waals surface area contributed by atoms with E-state index in [2.05, 4.69) is 5.32 Å². The fourth-order valence-corrected chi connectivity index (χ4v) is 1.68. The lowest BCUT2D eigenvalue weighted by molar-refractivity contribution is 0.0452. The number of hydrogen-bond donors (Lipinski definition) is 2. The molecule has 4 heteroatoms. The molecule has 0 unspecified atom stereocenters. The molecule has 1 aliphatic rings. The second-order valence-corrected chi connectivity index (χ2v) is 5.16. The highest BCUT2D eigenvalue weighted by Crippen LogP contribution is 2.32. The van der Waals surface area contributed by atoms with E-state index in [1.165, 1.54) is 0 Å². The molecule has 0 heterocycles. The summed E-state index contributed by atoms with van der Waals surface area (Å²) in [5.74, 6) is 0.780. The van der Waals surface area contributed by atoms with Crippen LogP contribution in [0.4, 0.5) is 4.79 Å². The van der Waals surface area contributed by atoms with Crippen molar-refractivity contribution in [3.63, 3.8) is 0 Å². The number of aliphatic hydroxyl groups excluding tert-OH is 1. The smallest absolute Gasteiger partial charge is 0.407 e. The average Bonchev–Trinajstić information content (AvgIpc) is 1.99. The molecule has 2 atom stereocenters. The summed E-state index contributed by atoms with van der Waals surface area (Å²) in [6, 6.07) is 0. The van der Waals surface area contributed by atoms with Gasteiger partial charge in [0.1, 0.15) is 5.60 Å². The third-order valence-corrected chi connectivity index (χ3v) is 2.72. The van der Waals surface area contributed by atoms with Gasteiger partial charge in [-0.15, -0.1) is 0 Å². The first kappa shape index (κ1) is 12.3. The largest absolute Gasteiger partial charge is 0.444 e. The number of carbonyl (C=O) groups excluding carboxylic acids is 1. The zero-order valence-corrected chi connectivity index (χ0v) is 9.75. The molecule has 0 aliphatic heterocycles. The third kappa shape index (κ3) is 4.08. The van der Waals surface area contributed by atoms with Crippen LogP contribution in [0.3, 0.4) is 0 Å². The second-order valence-electron chi connectivity index (χ2n) is 5.16. The summed E-state index contributed by atoms with van der Waals surface area (Å²) in [6.07, 6.45) is 1.78. The first-order chi connectivity index (χ1) is 6.92. The van der Waals surface area contributed by atoms with Gasteiger partial charge >= 0.3 is 6.09 Å². The highest BCUT2D eigenvalue weighted by atomic mass is 16.6. The van der Waals surface area contributed by atoms with Crippen LogP contribution >= 0.6 is 0 Å². The molecule has 1 aliphatic carbocycles. The summed E-state index contributed by atoms with van der Waals surface area (Å²) < 4.78 is 5.11. The van der Waals surface area contributed by atoms with Gasteiger partial charge in [-0.1, -0.05) is 0 Å². The normalized spacial score (nSPS) is 25.6. The quantitative estimate of drug-likeness (QED) is 0.750. The van der Waals surface area contributed by atoms with Gasteiger partial charge in [0.15, 0.2) is 0 Å². The number of carbonyl (C=O) groups is 1. The first-order valence-corrected chi connectivity index (χ1v) is 5.50. The van der Waals surface area contributed by atoms with Crippen LogP contribution < -0.4 is 5.32 Å². The molecular formula is C11H21NO3. The molecular weight excluding hydrogens is 194 g/mol. The van der Waals surface area contributed by atoms with Gasteiger partial charge in [0.2, 0.25) is 0 Å². The van der Waals surface area contributed by atoms with Crippen molar-refractivity contribution in [2.24, 2.45) is 11.8 Å². The Morgan fingerprint density at radius 2 is 2.00 bits per heavy atom. The van der Waals surface area contributed by atoms with Gasteiger partial charge < -0.3 is 15.2 Å². The van der Waals surface area contributed by atoms with Crippen molar-refractivity contribution in [3.8, 4) is 0 Å². The molecule has 0 aromatic heterocycles. The molecule has 0 saturated heterocycles. The molecule has 0 aromatic carbocycles. The molecule has 4 nitrogen and oxygen atoms in total. The molecule has 1 fully saturated rings. The summed E-state index contributed by atoms with van der Waals surface area (Å²) in [7, 11) is 0. The Morgan fingerprint density at radius 1 is 1.40 bits per heavy atom. The Labute approximate surface area is 91.0 Å². The highest BCUT2D eigenvalue weighted by Gasteiger charge is 2.30. The standard InChI is InChI=1S/C11H21NO3/c1-11(2,3)15-10(14)12-6-8-4-5-9(8)7-13/h8-9,13H,4-7H2,1-3H3,(H,12,14)/t8-,9-/m1/s1. The Morgan fingerprint density at radius 3 is 2.40 bits per heavy atom. The minimum atomic E-state index is -0.444. The van der Waals surface area contributed by atoms with E-state index in [4.69, 9.17) is 9.84 Å². The van der Waals surface area contributed by atoms with Crippen LogP contribution in [0.25, 0.3) is 0 Å². The molecule has 0 bridgehead atoms. The monoisotopic (exact) mass is 215 g/mol. The highest BCUT2D eigenvalue weighted by molar-refractivity contribution is 5.67. The maximum atomic E-state index is 11.3. The van der Waals surface area contributed by atoms with Crippen molar-refractivity contribution < 1.29 is 14.6 Å². The Hall–Kier alpha value is -0.770. The van der Waals surface area contributed by atoms with Crippen LogP contribution in [-0.4, -0.2) is 30.0 Å². The first-order valence-electron chi connectivity index (χ1n) is 5.50. The van der Waals surface area contributed by atoms with E-state index >= 15 is 0 Å². The van der Waals surface area contributed by atoms with Crippen LogP contribution in [0.2, 0.25) is 0 Å². The van der Waals surface area contributed by atoms with Crippen molar-refractivity contribution in [2.75, 3.05) is 13.2 Å². The van der Waals surface area contributed by atoms with E-state index in [0.29, 0.717) is 18.4 Å². The Balaban J connectivity index is 2.17. The van der Waals surface area contributed by atoms with Crippen LogP contribution in [0.1, 0.15) is 33.6 Å². The summed E-state index contributed by atoms with van der Waals surface area (Å²) in [5.41, 5.74) is -0.444. The van der Waals surface area contributed by atoms with Crippen molar-refractivity contribution in [3.05, 3.63) is 0 Å². The predicted octanol–water partition coefficient (Wildman–Crippen LogP) is 1.53. The Bertz CT molecular complexity index is 220. The Kier molecular flexibility index (Phi) is 3.97. The lowest BCUT2D eigenvalue weighted by Gasteiger charge is -2.35. The number of hydrogen-bond acceptors (Lipinski definition) is 3. The molecule has 1 amide bonds. The van der Waals surface area contributed by atoms with Crippen LogP contribution in [0, 0.1) is 11.8 Å². The van der Waals surface area contributed by atoms with Gasteiger partial charge in [-0.05, 0) is 45.4 Å². The average molecular weight is 215 g/mol. The minimum absolute atomic E-state index is 0.223.